The number of hydrogen-bond donors (Lipinski definition) is 1. The van der Waals surface area contributed by atoms with E-state index in [1.54, 1.807) is 48.5 Å². The maximum absolute atomic E-state index is 12.2. The molecule has 0 heterocycles. The van der Waals surface area contributed by atoms with Crippen molar-refractivity contribution >= 4 is 34.9 Å². The minimum atomic E-state index is -0.391. The van der Waals surface area contributed by atoms with Gasteiger partial charge in [-0.1, -0.05) is 35.9 Å². The second kappa shape index (κ2) is 9.01. The largest absolute Gasteiger partial charge is 0.483 e. The number of Topliss-reactive ketones (excluding diaryl/α,β-unsaturated/α-hetero) is 1. The molecule has 7 heteroatoms. The van der Waals surface area contributed by atoms with Crippen LogP contribution in [0.15, 0.2) is 48.5 Å². The van der Waals surface area contributed by atoms with Crippen molar-refractivity contribution in [1.29, 1.82) is 0 Å². The van der Waals surface area contributed by atoms with Crippen LogP contribution in [0.5, 0.6) is 5.75 Å². The summed E-state index contributed by atoms with van der Waals surface area (Å²) >= 11 is 5.98. The smallest absolute Gasteiger partial charge is 0.260 e. The van der Waals surface area contributed by atoms with Crippen LogP contribution in [0.2, 0.25) is 5.02 Å². The number of nitrogens with zero attached hydrogens (tertiary/aromatic N) is 1. The molecular weight excluding hydrogens is 356 g/mol. The maximum Gasteiger partial charge on any atom is 0.260 e. The van der Waals surface area contributed by atoms with E-state index < -0.39 is 5.91 Å². The number of ether oxygens (including phenoxy) is 1. The molecule has 0 saturated heterocycles. The van der Waals surface area contributed by atoms with E-state index in [4.69, 9.17) is 16.3 Å². The Labute approximate surface area is 156 Å². The summed E-state index contributed by atoms with van der Waals surface area (Å²) in [6, 6.07) is 13.5. The molecule has 136 valence electrons. The number of rotatable bonds is 7. The number of carbonyl (C=O) groups is 3. The van der Waals surface area contributed by atoms with Gasteiger partial charge in [-0.25, -0.2) is 0 Å². The minimum absolute atomic E-state index is 0.151. The Bertz CT molecular complexity index is 823. The number of para-hydroxylation sites is 2. The molecule has 0 spiro atoms. The van der Waals surface area contributed by atoms with Crippen molar-refractivity contribution in [3.05, 3.63) is 59.1 Å². The van der Waals surface area contributed by atoms with Gasteiger partial charge in [-0.2, -0.15) is 0 Å². The zero-order valence-corrected chi connectivity index (χ0v) is 15.2. The van der Waals surface area contributed by atoms with Gasteiger partial charge < -0.3 is 15.0 Å². The van der Waals surface area contributed by atoms with E-state index in [9.17, 15) is 14.4 Å². The highest BCUT2D eigenvalue weighted by Gasteiger charge is 2.16. The molecule has 26 heavy (non-hydrogen) atoms. The molecule has 2 aromatic rings. The predicted octanol–water partition coefficient (Wildman–Crippen LogP) is 3.02. The van der Waals surface area contributed by atoms with Crippen molar-refractivity contribution in [3.8, 4) is 5.75 Å². The van der Waals surface area contributed by atoms with Crippen molar-refractivity contribution in [3.63, 3.8) is 0 Å². The molecule has 2 rings (SSSR count). The zero-order valence-electron chi connectivity index (χ0n) is 14.5. The van der Waals surface area contributed by atoms with Gasteiger partial charge in [0.2, 0.25) is 5.91 Å². The van der Waals surface area contributed by atoms with E-state index >= 15 is 0 Å². The second-order valence-electron chi connectivity index (χ2n) is 5.62. The van der Waals surface area contributed by atoms with Crippen molar-refractivity contribution < 1.29 is 19.1 Å². The van der Waals surface area contributed by atoms with Crippen LogP contribution < -0.4 is 10.1 Å². The summed E-state index contributed by atoms with van der Waals surface area (Å²) in [5.41, 5.74) is 0.881. The summed E-state index contributed by atoms with van der Waals surface area (Å²) in [5.74, 6) is -0.585. The molecule has 1 N–H and O–H groups in total. The molecule has 0 aliphatic rings. The van der Waals surface area contributed by atoms with Gasteiger partial charge in [0.15, 0.2) is 12.4 Å². The number of benzene rings is 2. The first-order valence-corrected chi connectivity index (χ1v) is 8.27. The summed E-state index contributed by atoms with van der Waals surface area (Å²) in [6.07, 6.45) is 0. The van der Waals surface area contributed by atoms with Gasteiger partial charge in [-0.3, -0.25) is 14.4 Å². The van der Waals surface area contributed by atoms with Crippen LogP contribution in [0, 0.1) is 0 Å². The van der Waals surface area contributed by atoms with Crippen LogP contribution >= 0.6 is 11.6 Å². The molecular formula is C19H19ClN2O4. The van der Waals surface area contributed by atoms with Crippen molar-refractivity contribution in [2.24, 2.45) is 0 Å². The first-order chi connectivity index (χ1) is 12.4. The van der Waals surface area contributed by atoms with E-state index in [0.29, 0.717) is 22.0 Å². The summed E-state index contributed by atoms with van der Waals surface area (Å²) in [5, 5.41) is 3.06. The third-order valence-electron chi connectivity index (χ3n) is 3.57. The first-order valence-electron chi connectivity index (χ1n) is 7.89. The lowest BCUT2D eigenvalue weighted by molar-refractivity contribution is -0.135. The number of carbonyl (C=O) groups excluding carboxylic acids is 3. The SMILES string of the molecule is CC(=O)c1ccccc1OCC(=O)N(C)CC(=O)Nc1ccccc1Cl. The maximum atomic E-state index is 12.2. The monoisotopic (exact) mass is 374 g/mol. The standard InChI is InChI=1S/C19H19ClN2O4/c1-13(23)14-7-3-6-10-17(14)26-12-19(25)22(2)11-18(24)21-16-9-5-4-8-15(16)20/h3-10H,11-12H2,1-2H3,(H,21,24). The Hall–Kier alpha value is -2.86. The normalized spacial score (nSPS) is 10.1. The summed E-state index contributed by atoms with van der Waals surface area (Å²) in [6.45, 7) is 0.997. The molecule has 2 aromatic carbocycles. The highest BCUT2D eigenvalue weighted by atomic mass is 35.5. The lowest BCUT2D eigenvalue weighted by Gasteiger charge is -2.18. The van der Waals surface area contributed by atoms with Crippen molar-refractivity contribution in [2.75, 3.05) is 25.5 Å². The quantitative estimate of drug-likeness (QED) is 0.756. The fourth-order valence-corrected chi connectivity index (χ4v) is 2.37. The third kappa shape index (κ3) is 5.32. The average Bonchev–Trinajstić information content (AvgIpc) is 2.61. The number of nitrogens with one attached hydrogen (secondary N) is 1. The Kier molecular flexibility index (Phi) is 6.74. The number of likely N-dealkylation sites (N-methyl/N-ethyl adjacent to an activating group) is 1. The average molecular weight is 375 g/mol. The fraction of sp³-hybridized carbons (Fsp3) is 0.211. The van der Waals surface area contributed by atoms with Gasteiger partial charge >= 0.3 is 0 Å². The lowest BCUT2D eigenvalue weighted by atomic mass is 10.1. The first kappa shape index (κ1) is 19.5. The predicted molar refractivity (Wildman–Crippen MR) is 99.7 cm³/mol. The van der Waals surface area contributed by atoms with Gasteiger partial charge in [0.05, 0.1) is 22.8 Å². The molecule has 2 amide bonds. The Morgan fingerprint density at radius 1 is 1.08 bits per heavy atom. The van der Waals surface area contributed by atoms with Gasteiger partial charge in [0.25, 0.3) is 5.91 Å². The van der Waals surface area contributed by atoms with E-state index in [1.807, 2.05) is 0 Å². The number of ketones is 1. The molecule has 0 aromatic heterocycles. The van der Waals surface area contributed by atoms with E-state index in [0.717, 1.165) is 0 Å². The number of amides is 2. The lowest BCUT2D eigenvalue weighted by Crippen LogP contribution is -2.37. The summed E-state index contributed by atoms with van der Waals surface area (Å²) < 4.78 is 5.44. The summed E-state index contributed by atoms with van der Waals surface area (Å²) in [4.78, 5) is 37.0. The Morgan fingerprint density at radius 3 is 2.42 bits per heavy atom. The number of anilines is 1. The topological polar surface area (TPSA) is 75.7 Å². The molecule has 0 bridgehead atoms. The van der Waals surface area contributed by atoms with Gasteiger partial charge in [-0.15, -0.1) is 0 Å². The number of halogens is 1. The molecule has 0 saturated carbocycles. The van der Waals surface area contributed by atoms with Crippen LogP contribution in [-0.2, 0) is 9.59 Å². The molecule has 0 fully saturated rings. The number of hydrogen-bond acceptors (Lipinski definition) is 4. The minimum Gasteiger partial charge on any atom is -0.483 e. The molecule has 0 unspecified atom stereocenters. The highest BCUT2D eigenvalue weighted by molar-refractivity contribution is 6.33. The molecule has 0 aliphatic heterocycles. The fourth-order valence-electron chi connectivity index (χ4n) is 2.19. The van der Waals surface area contributed by atoms with Crippen LogP contribution in [-0.4, -0.2) is 42.7 Å². The van der Waals surface area contributed by atoms with Crippen LogP contribution in [0.1, 0.15) is 17.3 Å². The van der Waals surface area contributed by atoms with Crippen LogP contribution in [0.25, 0.3) is 0 Å². The van der Waals surface area contributed by atoms with Crippen molar-refractivity contribution in [2.45, 2.75) is 6.92 Å². The Balaban J connectivity index is 1.89. The van der Waals surface area contributed by atoms with E-state index in [1.165, 1.54) is 18.9 Å². The zero-order chi connectivity index (χ0) is 19.1. The van der Waals surface area contributed by atoms with Crippen LogP contribution in [0.3, 0.4) is 0 Å². The van der Waals surface area contributed by atoms with Gasteiger partial charge in [-0.05, 0) is 31.2 Å². The van der Waals surface area contributed by atoms with Gasteiger partial charge in [0.1, 0.15) is 5.75 Å². The van der Waals surface area contributed by atoms with Crippen LogP contribution in [0.4, 0.5) is 5.69 Å². The van der Waals surface area contributed by atoms with E-state index in [-0.39, 0.29) is 24.8 Å². The van der Waals surface area contributed by atoms with E-state index in [2.05, 4.69) is 5.32 Å². The Morgan fingerprint density at radius 2 is 1.73 bits per heavy atom. The molecule has 0 radical (unpaired) electrons. The highest BCUT2D eigenvalue weighted by Crippen LogP contribution is 2.20. The van der Waals surface area contributed by atoms with Crippen molar-refractivity contribution in [1.82, 2.24) is 4.90 Å². The molecule has 0 atom stereocenters. The third-order valence-corrected chi connectivity index (χ3v) is 3.90. The molecule has 0 aliphatic carbocycles. The second-order valence-corrected chi connectivity index (χ2v) is 6.03. The summed E-state index contributed by atoms with van der Waals surface area (Å²) in [7, 11) is 1.49. The molecule has 6 nitrogen and oxygen atoms in total. The van der Waals surface area contributed by atoms with Gasteiger partial charge in [0, 0.05) is 7.05 Å².